The molecule has 0 amide bonds. The number of hydrogen-bond acceptors (Lipinski definition) is 3. The van der Waals surface area contributed by atoms with Crippen LogP contribution in [0, 0.1) is 11.6 Å². The molecule has 0 aliphatic carbocycles. The molecule has 1 heterocycles. The maximum Gasteiger partial charge on any atom is 0.191 e. The Balaban J connectivity index is 1.96. The number of benzene rings is 1. The molecule has 2 aromatic rings. The molecule has 0 saturated heterocycles. The standard InChI is InChI=1S/C18H23F2N3O2/c1-13(14-5-6-16(19)17(20)12-14)23-18(22-9-11-24-2)21-8-7-15-4-3-10-25-15/h3-6,10,12-13H,7-9,11H2,1-2H3,(H2,21,22,23). The summed E-state index contributed by atoms with van der Waals surface area (Å²) in [4.78, 5) is 4.41. The van der Waals surface area contributed by atoms with Crippen LogP contribution < -0.4 is 10.6 Å². The number of guanidine groups is 1. The monoisotopic (exact) mass is 351 g/mol. The molecule has 0 aliphatic rings. The van der Waals surface area contributed by atoms with Gasteiger partial charge in [-0.2, -0.15) is 0 Å². The molecule has 0 aliphatic heterocycles. The van der Waals surface area contributed by atoms with Crippen molar-refractivity contribution < 1.29 is 17.9 Å². The highest BCUT2D eigenvalue weighted by molar-refractivity contribution is 5.80. The number of hydrogen-bond donors (Lipinski definition) is 2. The summed E-state index contributed by atoms with van der Waals surface area (Å²) < 4.78 is 36.8. The van der Waals surface area contributed by atoms with Crippen molar-refractivity contribution in [3.05, 3.63) is 59.6 Å². The minimum Gasteiger partial charge on any atom is -0.469 e. The summed E-state index contributed by atoms with van der Waals surface area (Å²) in [6, 6.07) is 7.35. The fraction of sp³-hybridized carbons (Fsp3) is 0.389. The third kappa shape index (κ3) is 6.19. The zero-order valence-corrected chi connectivity index (χ0v) is 14.4. The molecule has 136 valence electrons. The Bertz CT molecular complexity index is 675. The summed E-state index contributed by atoms with van der Waals surface area (Å²) in [6.45, 7) is 3.45. The molecule has 0 radical (unpaired) electrons. The molecule has 0 fully saturated rings. The summed E-state index contributed by atoms with van der Waals surface area (Å²) in [5.74, 6) is -0.283. The Morgan fingerprint density at radius 1 is 1.28 bits per heavy atom. The van der Waals surface area contributed by atoms with Gasteiger partial charge in [-0.25, -0.2) is 8.78 Å². The zero-order chi connectivity index (χ0) is 18.1. The predicted molar refractivity (Wildman–Crippen MR) is 92.5 cm³/mol. The highest BCUT2D eigenvalue weighted by Gasteiger charge is 2.11. The normalized spacial score (nSPS) is 12.9. The molecule has 2 rings (SSSR count). The molecule has 1 atom stereocenters. The van der Waals surface area contributed by atoms with Crippen LogP contribution in [0.25, 0.3) is 0 Å². The first-order chi connectivity index (χ1) is 12.1. The van der Waals surface area contributed by atoms with E-state index in [1.807, 2.05) is 19.1 Å². The fourth-order valence-electron chi connectivity index (χ4n) is 2.23. The molecule has 1 aromatic heterocycles. The van der Waals surface area contributed by atoms with Crippen LogP contribution in [0.5, 0.6) is 0 Å². The molecule has 5 nitrogen and oxygen atoms in total. The number of furan rings is 1. The van der Waals surface area contributed by atoms with Crippen LogP contribution in [-0.2, 0) is 11.2 Å². The van der Waals surface area contributed by atoms with Gasteiger partial charge in [-0.3, -0.25) is 4.99 Å². The second kappa shape index (κ2) is 9.78. The third-order valence-corrected chi connectivity index (χ3v) is 3.61. The SMILES string of the molecule is COCCN=C(NCCc1ccco1)NC(C)c1ccc(F)c(F)c1. The lowest BCUT2D eigenvalue weighted by molar-refractivity contribution is 0.208. The van der Waals surface area contributed by atoms with Crippen LogP contribution in [0.4, 0.5) is 8.78 Å². The Hall–Kier alpha value is -2.41. The van der Waals surface area contributed by atoms with E-state index in [4.69, 9.17) is 9.15 Å². The number of nitrogens with zero attached hydrogens (tertiary/aromatic N) is 1. The number of rotatable bonds is 8. The minimum absolute atomic E-state index is 0.243. The number of nitrogens with one attached hydrogen (secondary N) is 2. The van der Waals surface area contributed by atoms with E-state index in [-0.39, 0.29) is 6.04 Å². The fourth-order valence-corrected chi connectivity index (χ4v) is 2.23. The molecule has 0 saturated carbocycles. The van der Waals surface area contributed by atoms with Crippen molar-refractivity contribution in [3.63, 3.8) is 0 Å². The van der Waals surface area contributed by atoms with Crippen LogP contribution in [-0.4, -0.2) is 32.8 Å². The molecular weight excluding hydrogens is 328 g/mol. The molecule has 2 N–H and O–H groups in total. The van der Waals surface area contributed by atoms with Crippen LogP contribution in [0.15, 0.2) is 46.0 Å². The average Bonchev–Trinajstić information content (AvgIpc) is 3.10. The van der Waals surface area contributed by atoms with Gasteiger partial charge in [0.2, 0.25) is 0 Å². The number of ether oxygens (including phenoxy) is 1. The maximum absolute atomic E-state index is 13.4. The molecule has 1 unspecified atom stereocenters. The van der Waals surface area contributed by atoms with E-state index < -0.39 is 11.6 Å². The van der Waals surface area contributed by atoms with Crippen molar-refractivity contribution in [3.8, 4) is 0 Å². The summed E-state index contributed by atoms with van der Waals surface area (Å²) in [5.41, 5.74) is 0.631. The average molecular weight is 351 g/mol. The molecule has 0 bridgehead atoms. The van der Waals surface area contributed by atoms with E-state index in [1.54, 1.807) is 19.4 Å². The van der Waals surface area contributed by atoms with Gasteiger partial charge in [0, 0.05) is 20.1 Å². The Morgan fingerprint density at radius 2 is 2.12 bits per heavy atom. The highest BCUT2D eigenvalue weighted by Crippen LogP contribution is 2.15. The highest BCUT2D eigenvalue weighted by atomic mass is 19.2. The van der Waals surface area contributed by atoms with Gasteiger partial charge in [0.1, 0.15) is 5.76 Å². The summed E-state index contributed by atoms with van der Waals surface area (Å²) >= 11 is 0. The van der Waals surface area contributed by atoms with Gasteiger partial charge in [0.15, 0.2) is 17.6 Å². The second-order valence-corrected chi connectivity index (χ2v) is 5.52. The molecular formula is C18H23F2N3O2. The van der Waals surface area contributed by atoms with Crippen LogP contribution >= 0.6 is 0 Å². The van der Waals surface area contributed by atoms with Crippen molar-refractivity contribution >= 4 is 5.96 Å². The lowest BCUT2D eigenvalue weighted by Gasteiger charge is -2.19. The van der Waals surface area contributed by atoms with Crippen molar-refractivity contribution in [1.29, 1.82) is 0 Å². The Kier molecular flexibility index (Phi) is 7.40. The number of methoxy groups -OCH3 is 1. The quantitative estimate of drug-likeness (QED) is 0.436. The van der Waals surface area contributed by atoms with Crippen LogP contribution in [0.3, 0.4) is 0 Å². The summed E-state index contributed by atoms with van der Waals surface area (Å²) in [7, 11) is 1.61. The van der Waals surface area contributed by atoms with Crippen LogP contribution in [0.1, 0.15) is 24.3 Å². The van der Waals surface area contributed by atoms with Gasteiger partial charge in [0.25, 0.3) is 0 Å². The van der Waals surface area contributed by atoms with Gasteiger partial charge in [-0.1, -0.05) is 6.07 Å². The van der Waals surface area contributed by atoms with E-state index in [2.05, 4.69) is 15.6 Å². The Morgan fingerprint density at radius 3 is 2.80 bits per heavy atom. The predicted octanol–water partition coefficient (Wildman–Crippen LogP) is 3.04. The van der Waals surface area contributed by atoms with Gasteiger partial charge >= 0.3 is 0 Å². The smallest absolute Gasteiger partial charge is 0.191 e. The zero-order valence-electron chi connectivity index (χ0n) is 14.4. The molecule has 0 spiro atoms. The third-order valence-electron chi connectivity index (χ3n) is 3.61. The van der Waals surface area contributed by atoms with Crippen molar-refractivity contribution in [2.45, 2.75) is 19.4 Å². The first-order valence-corrected chi connectivity index (χ1v) is 8.11. The molecule has 7 heteroatoms. The van der Waals surface area contributed by atoms with E-state index in [9.17, 15) is 8.78 Å². The maximum atomic E-state index is 13.4. The van der Waals surface area contributed by atoms with Gasteiger partial charge in [-0.05, 0) is 36.8 Å². The van der Waals surface area contributed by atoms with Gasteiger partial charge in [0.05, 0.1) is 25.5 Å². The van der Waals surface area contributed by atoms with E-state index in [1.165, 1.54) is 6.07 Å². The number of aliphatic imine (C=N–C) groups is 1. The topological polar surface area (TPSA) is 58.8 Å². The Labute approximate surface area is 146 Å². The summed E-state index contributed by atoms with van der Waals surface area (Å²) in [6.07, 6.45) is 2.34. The van der Waals surface area contributed by atoms with Gasteiger partial charge < -0.3 is 19.8 Å². The lowest BCUT2D eigenvalue weighted by atomic mass is 10.1. The van der Waals surface area contributed by atoms with E-state index in [0.717, 1.165) is 11.8 Å². The van der Waals surface area contributed by atoms with Crippen molar-refractivity contribution in [2.75, 3.05) is 26.8 Å². The largest absolute Gasteiger partial charge is 0.469 e. The van der Waals surface area contributed by atoms with Crippen molar-refractivity contribution in [1.82, 2.24) is 10.6 Å². The first kappa shape index (κ1) is 18.9. The first-order valence-electron chi connectivity index (χ1n) is 8.11. The summed E-state index contributed by atoms with van der Waals surface area (Å²) in [5, 5.41) is 6.38. The molecule has 25 heavy (non-hydrogen) atoms. The van der Waals surface area contributed by atoms with E-state index >= 15 is 0 Å². The van der Waals surface area contributed by atoms with Crippen molar-refractivity contribution in [2.24, 2.45) is 4.99 Å². The number of halogens is 2. The second-order valence-electron chi connectivity index (χ2n) is 5.52. The van der Waals surface area contributed by atoms with Crippen LogP contribution in [0.2, 0.25) is 0 Å². The molecule has 1 aromatic carbocycles. The lowest BCUT2D eigenvalue weighted by Crippen LogP contribution is -2.40. The van der Waals surface area contributed by atoms with E-state index in [0.29, 0.717) is 37.6 Å². The minimum atomic E-state index is -0.866. The van der Waals surface area contributed by atoms with Gasteiger partial charge in [-0.15, -0.1) is 0 Å².